The maximum absolute atomic E-state index is 3.67. The largest absolute Gasteiger partial charge is 0.316 e. The molecule has 3 N–H and O–H groups in total. The highest BCUT2D eigenvalue weighted by Crippen LogP contribution is 2.42. The Morgan fingerprint density at radius 2 is 1.60 bits per heavy atom. The molecule has 2 fully saturated rings. The zero-order chi connectivity index (χ0) is 14.8. The lowest BCUT2D eigenvalue weighted by atomic mass is 9.65. The van der Waals surface area contributed by atoms with Crippen molar-refractivity contribution < 1.29 is 0 Å². The molecule has 2 aliphatic heterocycles. The van der Waals surface area contributed by atoms with E-state index in [1.54, 1.807) is 0 Å². The lowest BCUT2D eigenvalue weighted by Crippen LogP contribution is -2.57. The lowest BCUT2D eigenvalue weighted by molar-refractivity contribution is 0.0596. The topological polar surface area (TPSA) is 36.1 Å². The van der Waals surface area contributed by atoms with Gasteiger partial charge in [-0.3, -0.25) is 0 Å². The van der Waals surface area contributed by atoms with Gasteiger partial charge in [0.1, 0.15) is 0 Å². The van der Waals surface area contributed by atoms with Gasteiger partial charge in [-0.15, -0.1) is 0 Å². The monoisotopic (exact) mass is 281 g/mol. The minimum atomic E-state index is 0.313. The van der Waals surface area contributed by atoms with Gasteiger partial charge < -0.3 is 16.0 Å². The smallest absolute Gasteiger partial charge is 0.0624 e. The molecule has 118 valence electrons. The van der Waals surface area contributed by atoms with Crippen molar-refractivity contribution in [2.45, 2.75) is 60.0 Å². The van der Waals surface area contributed by atoms with Crippen LogP contribution in [0.2, 0.25) is 0 Å². The zero-order valence-electron chi connectivity index (χ0n) is 14.2. The molecule has 0 aromatic carbocycles. The Kier molecular flexibility index (Phi) is 5.14. The first-order chi connectivity index (χ1) is 9.31. The summed E-state index contributed by atoms with van der Waals surface area (Å²) in [5.74, 6) is 1.64. The molecule has 3 nitrogen and oxygen atoms in total. The molecule has 0 saturated carbocycles. The molecule has 0 aromatic rings. The van der Waals surface area contributed by atoms with E-state index < -0.39 is 0 Å². The summed E-state index contributed by atoms with van der Waals surface area (Å²) in [5.41, 5.74) is 0.740. The summed E-state index contributed by atoms with van der Waals surface area (Å²) in [7, 11) is 0. The van der Waals surface area contributed by atoms with Gasteiger partial charge in [-0.2, -0.15) is 0 Å². The van der Waals surface area contributed by atoms with E-state index in [9.17, 15) is 0 Å². The Morgan fingerprint density at radius 1 is 0.950 bits per heavy atom. The van der Waals surface area contributed by atoms with Crippen molar-refractivity contribution in [3.8, 4) is 0 Å². The van der Waals surface area contributed by atoms with Crippen molar-refractivity contribution in [1.82, 2.24) is 16.0 Å². The predicted molar refractivity (Wildman–Crippen MR) is 86.7 cm³/mol. The predicted octanol–water partition coefficient (Wildman–Crippen LogP) is 2.58. The fraction of sp³-hybridized carbons (Fsp3) is 1.00. The highest BCUT2D eigenvalue weighted by Gasteiger charge is 2.39. The maximum atomic E-state index is 3.67. The van der Waals surface area contributed by atoms with Crippen LogP contribution in [0.15, 0.2) is 0 Å². The molecule has 2 atom stereocenters. The highest BCUT2D eigenvalue weighted by atomic mass is 15.2. The van der Waals surface area contributed by atoms with Gasteiger partial charge >= 0.3 is 0 Å². The molecule has 2 rings (SSSR count). The highest BCUT2D eigenvalue weighted by molar-refractivity contribution is 4.92. The van der Waals surface area contributed by atoms with Gasteiger partial charge in [-0.05, 0) is 68.1 Å². The molecule has 2 saturated heterocycles. The van der Waals surface area contributed by atoms with Gasteiger partial charge in [-0.1, -0.05) is 34.6 Å². The van der Waals surface area contributed by atoms with Crippen LogP contribution in [0, 0.1) is 22.7 Å². The second kappa shape index (κ2) is 6.33. The SMILES string of the molecule is CC(C)(C)C1CCNCC1CC(C)(C)C1NCCCN1. The molecule has 2 aliphatic rings. The van der Waals surface area contributed by atoms with E-state index in [-0.39, 0.29) is 0 Å². The number of hydrogen-bond donors (Lipinski definition) is 3. The minimum Gasteiger partial charge on any atom is -0.316 e. The third-order valence-electron chi connectivity index (χ3n) is 5.34. The second-order valence-corrected chi connectivity index (χ2v) is 8.61. The van der Waals surface area contributed by atoms with E-state index in [4.69, 9.17) is 0 Å². The van der Waals surface area contributed by atoms with Crippen LogP contribution in [0.25, 0.3) is 0 Å². The third-order valence-corrected chi connectivity index (χ3v) is 5.34. The van der Waals surface area contributed by atoms with Crippen molar-refractivity contribution in [1.29, 1.82) is 0 Å². The molecule has 0 bridgehead atoms. The van der Waals surface area contributed by atoms with E-state index in [1.807, 2.05) is 0 Å². The molecule has 2 heterocycles. The average Bonchev–Trinajstić information content (AvgIpc) is 2.39. The second-order valence-electron chi connectivity index (χ2n) is 8.61. The van der Waals surface area contributed by atoms with Crippen LogP contribution in [0.4, 0.5) is 0 Å². The molecule has 0 radical (unpaired) electrons. The molecule has 20 heavy (non-hydrogen) atoms. The summed E-state index contributed by atoms with van der Waals surface area (Å²) in [6, 6.07) is 0. The number of piperidine rings is 1. The van der Waals surface area contributed by atoms with Gasteiger partial charge in [0, 0.05) is 0 Å². The van der Waals surface area contributed by atoms with Gasteiger partial charge in [0.05, 0.1) is 6.17 Å². The molecule has 0 aromatic heterocycles. The van der Waals surface area contributed by atoms with Crippen LogP contribution in [-0.2, 0) is 0 Å². The fourth-order valence-electron chi connectivity index (χ4n) is 4.28. The van der Waals surface area contributed by atoms with E-state index in [0.717, 1.165) is 24.9 Å². The minimum absolute atomic E-state index is 0.313. The normalized spacial score (nSPS) is 30.4. The van der Waals surface area contributed by atoms with Crippen LogP contribution >= 0.6 is 0 Å². The molecular weight excluding hydrogens is 246 g/mol. The maximum Gasteiger partial charge on any atom is 0.0624 e. The van der Waals surface area contributed by atoms with E-state index in [2.05, 4.69) is 50.6 Å². The van der Waals surface area contributed by atoms with Crippen LogP contribution in [-0.4, -0.2) is 32.3 Å². The van der Waals surface area contributed by atoms with Gasteiger partial charge in [0.25, 0.3) is 0 Å². The van der Waals surface area contributed by atoms with Crippen LogP contribution < -0.4 is 16.0 Å². The third kappa shape index (κ3) is 3.96. The first-order valence-electron chi connectivity index (χ1n) is 8.48. The van der Waals surface area contributed by atoms with E-state index >= 15 is 0 Å². The molecule has 0 aliphatic carbocycles. The Morgan fingerprint density at radius 3 is 2.20 bits per heavy atom. The Hall–Kier alpha value is -0.120. The fourth-order valence-corrected chi connectivity index (χ4v) is 4.28. The molecule has 0 spiro atoms. The van der Waals surface area contributed by atoms with Crippen molar-refractivity contribution in [3.63, 3.8) is 0 Å². The van der Waals surface area contributed by atoms with E-state index in [0.29, 0.717) is 17.0 Å². The van der Waals surface area contributed by atoms with Crippen molar-refractivity contribution in [2.75, 3.05) is 26.2 Å². The van der Waals surface area contributed by atoms with Crippen molar-refractivity contribution >= 4 is 0 Å². The first kappa shape index (κ1) is 16.3. The average molecular weight is 281 g/mol. The number of nitrogens with one attached hydrogen (secondary N) is 3. The Labute approximate surface area is 125 Å². The van der Waals surface area contributed by atoms with Crippen LogP contribution in [0.1, 0.15) is 53.9 Å². The summed E-state index contributed by atoms with van der Waals surface area (Å²) in [5, 5.41) is 11.0. The van der Waals surface area contributed by atoms with Crippen molar-refractivity contribution in [3.05, 3.63) is 0 Å². The summed E-state index contributed by atoms with van der Waals surface area (Å²) in [4.78, 5) is 0. The summed E-state index contributed by atoms with van der Waals surface area (Å²) in [6.07, 6.45) is 4.35. The Balaban J connectivity index is 2.01. The molecular formula is C17H35N3. The molecule has 2 unspecified atom stereocenters. The Bertz CT molecular complexity index is 300. The van der Waals surface area contributed by atoms with E-state index in [1.165, 1.54) is 32.4 Å². The summed E-state index contributed by atoms with van der Waals surface area (Å²) >= 11 is 0. The van der Waals surface area contributed by atoms with Crippen molar-refractivity contribution in [2.24, 2.45) is 22.7 Å². The van der Waals surface area contributed by atoms with Crippen LogP contribution in [0.3, 0.4) is 0 Å². The number of hydrogen-bond acceptors (Lipinski definition) is 3. The summed E-state index contributed by atoms with van der Waals surface area (Å²) < 4.78 is 0. The van der Waals surface area contributed by atoms with Crippen LogP contribution in [0.5, 0.6) is 0 Å². The molecule has 3 heteroatoms. The van der Waals surface area contributed by atoms with Gasteiger partial charge in [0.2, 0.25) is 0 Å². The molecule has 0 amide bonds. The summed E-state index contributed by atoms with van der Waals surface area (Å²) in [6.45, 7) is 16.8. The lowest BCUT2D eigenvalue weighted by Gasteiger charge is -2.46. The standard InChI is InChI=1S/C17H35N3/c1-16(2,3)14-7-10-18-12-13(14)11-17(4,5)15-19-8-6-9-20-15/h13-15,18-20H,6-12H2,1-5H3. The number of rotatable bonds is 3. The van der Waals surface area contributed by atoms with Gasteiger partial charge in [0.15, 0.2) is 0 Å². The van der Waals surface area contributed by atoms with Gasteiger partial charge in [-0.25, -0.2) is 0 Å². The first-order valence-corrected chi connectivity index (χ1v) is 8.48. The zero-order valence-corrected chi connectivity index (χ0v) is 14.2. The quantitative estimate of drug-likeness (QED) is 0.744.